The fraction of sp³-hybridized carbons (Fsp3) is 0.364. The van der Waals surface area contributed by atoms with Gasteiger partial charge in [-0.05, 0) is 12.1 Å². The van der Waals surface area contributed by atoms with Gasteiger partial charge in [-0.15, -0.1) is 0 Å². The summed E-state index contributed by atoms with van der Waals surface area (Å²) in [6.07, 6.45) is 0. The smallest absolute Gasteiger partial charge is 0.267 e. The van der Waals surface area contributed by atoms with Crippen molar-refractivity contribution in [2.45, 2.75) is 0 Å². The topological polar surface area (TPSA) is 67.6 Å². The van der Waals surface area contributed by atoms with Crippen LogP contribution in [-0.2, 0) is 4.74 Å². The Bertz CT molecular complexity index is 419. The summed E-state index contributed by atoms with van der Waals surface area (Å²) < 4.78 is 18.3. The van der Waals surface area contributed by atoms with Gasteiger partial charge in [0.15, 0.2) is 0 Å². The van der Waals surface area contributed by atoms with Crippen LogP contribution in [0.1, 0.15) is 10.4 Å². The molecule has 0 radical (unpaired) electrons. The number of benzene rings is 1. The zero-order valence-electron chi connectivity index (χ0n) is 9.28. The molecule has 0 aromatic heterocycles. The highest BCUT2D eigenvalue weighted by molar-refractivity contribution is 5.98. The van der Waals surface area contributed by atoms with Crippen LogP contribution in [-0.4, -0.2) is 37.2 Å². The summed E-state index contributed by atoms with van der Waals surface area (Å²) in [4.78, 5) is 11.8. The second kappa shape index (κ2) is 5.11. The number of nitrogens with zero attached hydrogens (tertiary/aromatic N) is 1. The van der Waals surface area contributed by atoms with E-state index in [-0.39, 0.29) is 11.3 Å². The molecule has 1 aliphatic heterocycles. The van der Waals surface area contributed by atoms with E-state index in [0.717, 1.165) is 0 Å². The zero-order chi connectivity index (χ0) is 12.3. The minimum atomic E-state index is -0.584. The molecule has 1 aliphatic rings. The van der Waals surface area contributed by atoms with Gasteiger partial charge in [-0.3, -0.25) is 10.2 Å². The van der Waals surface area contributed by atoms with Gasteiger partial charge >= 0.3 is 0 Å². The maximum atomic E-state index is 13.2. The summed E-state index contributed by atoms with van der Waals surface area (Å²) in [5.74, 6) is -0.983. The number of nitrogens with one attached hydrogen (secondary N) is 1. The van der Waals surface area contributed by atoms with E-state index in [1.54, 1.807) is 5.01 Å². The van der Waals surface area contributed by atoms with E-state index in [9.17, 15) is 9.18 Å². The van der Waals surface area contributed by atoms with Crippen LogP contribution in [0.25, 0.3) is 0 Å². The highest BCUT2D eigenvalue weighted by atomic mass is 19.1. The number of para-hydroxylation sites is 1. The first-order valence-corrected chi connectivity index (χ1v) is 5.36. The Morgan fingerprint density at radius 1 is 1.41 bits per heavy atom. The minimum absolute atomic E-state index is 0.127. The Morgan fingerprint density at radius 3 is 2.82 bits per heavy atom. The van der Waals surface area contributed by atoms with Crippen molar-refractivity contribution in [3.8, 4) is 0 Å². The number of nitrogens with two attached hydrogens (primary N) is 1. The average molecular weight is 239 g/mol. The average Bonchev–Trinajstić information content (AvgIpc) is 2.34. The third-order valence-electron chi connectivity index (χ3n) is 2.57. The highest BCUT2D eigenvalue weighted by Gasteiger charge is 2.17. The van der Waals surface area contributed by atoms with Gasteiger partial charge in [0, 0.05) is 13.1 Å². The largest absolute Gasteiger partial charge is 0.396 e. The molecule has 0 atom stereocenters. The van der Waals surface area contributed by atoms with E-state index in [1.807, 2.05) is 0 Å². The molecular weight excluding hydrogens is 225 g/mol. The van der Waals surface area contributed by atoms with E-state index in [1.165, 1.54) is 18.2 Å². The van der Waals surface area contributed by atoms with Crippen molar-refractivity contribution in [1.29, 1.82) is 0 Å². The number of hydrogen-bond acceptors (Lipinski definition) is 4. The van der Waals surface area contributed by atoms with Gasteiger partial charge in [-0.25, -0.2) is 9.40 Å². The number of amides is 1. The fourth-order valence-corrected chi connectivity index (χ4v) is 1.61. The third kappa shape index (κ3) is 2.72. The molecule has 1 aromatic rings. The van der Waals surface area contributed by atoms with Gasteiger partial charge in [-0.1, -0.05) is 6.07 Å². The predicted molar refractivity (Wildman–Crippen MR) is 60.7 cm³/mol. The van der Waals surface area contributed by atoms with Gasteiger partial charge in [0.2, 0.25) is 0 Å². The van der Waals surface area contributed by atoms with Crippen LogP contribution in [0.3, 0.4) is 0 Å². The number of nitrogen functional groups attached to an aromatic ring is 1. The molecule has 3 N–H and O–H groups in total. The summed E-state index contributed by atoms with van der Waals surface area (Å²) in [5.41, 5.74) is 8.20. The van der Waals surface area contributed by atoms with Crippen LogP contribution in [0, 0.1) is 5.82 Å². The molecule has 1 heterocycles. The van der Waals surface area contributed by atoms with Crippen LogP contribution < -0.4 is 11.2 Å². The van der Waals surface area contributed by atoms with Gasteiger partial charge < -0.3 is 10.5 Å². The normalized spacial score (nSPS) is 16.8. The lowest BCUT2D eigenvalue weighted by molar-refractivity contribution is 0.0126. The Balaban J connectivity index is 2.06. The number of carbonyl (C=O) groups is 1. The molecule has 1 fully saturated rings. The molecule has 2 rings (SSSR count). The fourth-order valence-electron chi connectivity index (χ4n) is 1.61. The summed E-state index contributed by atoms with van der Waals surface area (Å²) in [6, 6.07) is 4.18. The second-order valence-electron chi connectivity index (χ2n) is 3.74. The number of morpholine rings is 1. The van der Waals surface area contributed by atoms with Gasteiger partial charge in [0.05, 0.1) is 24.5 Å². The van der Waals surface area contributed by atoms with Crippen molar-refractivity contribution < 1.29 is 13.9 Å². The molecule has 0 unspecified atom stereocenters. The number of ether oxygens (including phenoxy) is 1. The molecule has 0 spiro atoms. The quantitative estimate of drug-likeness (QED) is 0.732. The van der Waals surface area contributed by atoms with Crippen molar-refractivity contribution in [1.82, 2.24) is 10.4 Å². The maximum absolute atomic E-state index is 13.2. The molecule has 0 aliphatic carbocycles. The second-order valence-corrected chi connectivity index (χ2v) is 3.74. The lowest BCUT2D eigenvalue weighted by Crippen LogP contribution is -2.48. The van der Waals surface area contributed by atoms with Crippen molar-refractivity contribution in [3.63, 3.8) is 0 Å². The number of hydrazine groups is 1. The van der Waals surface area contributed by atoms with Crippen LogP contribution in [0.2, 0.25) is 0 Å². The molecule has 1 amide bonds. The Kier molecular flexibility index (Phi) is 3.55. The van der Waals surface area contributed by atoms with Crippen LogP contribution >= 0.6 is 0 Å². The van der Waals surface area contributed by atoms with Crippen LogP contribution in [0.5, 0.6) is 0 Å². The molecule has 6 heteroatoms. The molecule has 92 valence electrons. The number of hydrogen-bond donors (Lipinski definition) is 2. The van der Waals surface area contributed by atoms with Crippen molar-refractivity contribution in [2.24, 2.45) is 0 Å². The van der Waals surface area contributed by atoms with Gasteiger partial charge in [-0.2, -0.15) is 0 Å². The lowest BCUT2D eigenvalue weighted by Gasteiger charge is -2.27. The molecule has 1 aromatic carbocycles. The van der Waals surface area contributed by atoms with Gasteiger partial charge in [0.1, 0.15) is 5.82 Å². The lowest BCUT2D eigenvalue weighted by atomic mass is 10.1. The summed E-state index contributed by atoms with van der Waals surface area (Å²) in [6.45, 7) is 2.36. The first kappa shape index (κ1) is 11.8. The Hall–Kier alpha value is -1.66. The molecule has 17 heavy (non-hydrogen) atoms. The molecule has 5 nitrogen and oxygen atoms in total. The van der Waals surface area contributed by atoms with E-state index >= 15 is 0 Å². The number of carbonyl (C=O) groups excluding carboxylic acids is 1. The van der Waals surface area contributed by atoms with Crippen molar-refractivity contribution in [3.05, 3.63) is 29.6 Å². The SMILES string of the molecule is Nc1c(F)cccc1C(=O)NN1CCOCC1. The molecular formula is C11H14FN3O2. The summed E-state index contributed by atoms with van der Waals surface area (Å²) in [5, 5.41) is 1.73. The number of halogens is 1. The maximum Gasteiger partial charge on any atom is 0.267 e. The third-order valence-corrected chi connectivity index (χ3v) is 2.57. The Morgan fingerprint density at radius 2 is 2.12 bits per heavy atom. The summed E-state index contributed by atoms with van der Waals surface area (Å²) >= 11 is 0. The van der Waals surface area contributed by atoms with E-state index < -0.39 is 11.7 Å². The van der Waals surface area contributed by atoms with Crippen molar-refractivity contribution in [2.75, 3.05) is 32.0 Å². The van der Waals surface area contributed by atoms with E-state index in [4.69, 9.17) is 10.5 Å². The van der Waals surface area contributed by atoms with Crippen LogP contribution in [0.4, 0.5) is 10.1 Å². The Labute approximate surface area is 98.3 Å². The van der Waals surface area contributed by atoms with Gasteiger partial charge in [0.25, 0.3) is 5.91 Å². The molecule has 1 saturated heterocycles. The first-order chi connectivity index (χ1) is 8.18. The zero-order valence-corrected chi connectivity index (χ0v) is 9.28. The summed E-state index contributed by atoms with van der Waals surface area (Å²) in [7, 11) is 0. The monoisotopic (exact) mass is 239 g/mol. The predicted octanol–water partition coefficient (Wildman–Crippen LogP) is 0.385. The number of rotatable bonds is 2. The first-order valence-electron chi connectivity index (χ1n) is 5.36. The molecule has 0 bridgehead atoms. The standard InChI is InChI=1S/C11H14FN3O2/c12-9-3-1-2-8(10(9)13)11(16)14-15-4-6-17-7-5-15/h1-3H,4-7,13H2,(H,14,16). The molecule has 0 saturated carbocycles. The van der Waals surface area contributed by atoms with E-state index in [0.29, 0.717) is 26.3 Å². The highest BCUT2D eigenvalue weighted by Crippen LogP contribution is 2.15. The van der Waals surface area contributed by atoms with E-state index in [2.05, 4.69) is 5.43 Å². The minimum Gasteiger partial charge on any atom is -0.396 e. The number of anilines is 1. The van der Waals surface area contributed by atoms with Crippen LogP contribution in [0.15, 0.2) is 18.2 Å². The van der Waals surface area contributed by atoms with Crippen molar-refractivity contribution >= 4 is 11.6 Å².